The molecule has 0 spiro atoms. The summed E-state index contributed by atoms with van der Waals surface area (Å²) in [7, 11) is 1.58. The lowest BCUT2D eigenvalue weighted by molar-refractivity contribution is -0.137. The van der Waals surface area contributed by atoms with E-state index in [0.29, 0.717) is 23.8 Å². The van der Waals surface area contributed by atoms with Crippen LogP contribution in [0.4, 0.5) is 19.0 Å². The van der Waals surface area contributed by atoms with Crippen molar-refractivity contribution in [2.45, 2.75) is 12.6 Å². The van der Waals surface area contributed by atoms with Gasteiger partial charge in [-0.1, -0.05) is 11.6 Å². The van der Waals surface area contributed by atoms with Crippen LogP contribution in [0.5, 0.6) is 5.75 Å². The van der Waals surface area contributed by atoms with Crippen molar-refractivity contribution >= 4 is 17.4 Å². The number of methoxy groups -OCH3 is 1. The van der Waals surface area contributed by atoms with Crippen LogP contribution in [0.15, 0.2) is 42.5 Å². The van der Waals surface area contributed by atoms with E-state index >= 15 is 0 Å². The number of benzene rings is 2. The summed E-state index contributed by atoms with van der Waals surface area (Å²) in [6, 6.07) is 10.6. The van der Waals surface area contributed by atoms with Crippen molar-refractivity contribution in [2.24, 2.45) is 0 Å². The lowest BCUT2D eigenvalue weighted by atomic mass is 10.1. The van der Waals surface area contributed by atoms with Crippen LogP contribution in [0.2, 0.25) is 5.02 Å². The summed E-state index contributed by atoms with van der Waals surface area (Å²) >= 11 is 6.20. The maximum Gasteiger partial charge on any atom is 0.416 e. The zero-order valence-electron chi connectivity index (χ0n) is 14.3. The van der Waals surface area contributed by atoms with Crippen LogP contribution in [0.25, 0.3) is 16.9 Å². The number of fused-ring (bicyclic) bond motifs is 1. The molecule has 0 saturated heterocycles. The summed E-state index contributed by atoms with van der Waals surface area (Å²) in [5.41, 5.74) is 1.95. The fourth-order valence-corrected chi connectivity index (χ4v) is 3.38. The molecule has 0 radical (unpaired) electrons. The van der Waals surface area contributed by atoms with Gasteiger partial charge in [0.1, 0.15) is 11.6 Å². The fourth-order valence-electron chi connectivity index (χ4n) is 3.18. The van der Waals surface area contributed by atoms with Crippen molar-refractivity contribution in [3.05, 3.63) is 58.6 Å². The van der Waals surface area contributed by atoms with Gasteiger partial charge in [0.15, 0.2) is 0 Å². The normalized spacial score (nSPS) is 13.4. The van der Waals surface area contributed by atoms with E-state index in [1.165, 1.54) is 10.7 Å². The molecular weight excluding hydrogens is 379 g/mol. The number of hydrogen-bond donors (Lipinski definition) is 1. The van der Waals surface area contributed by atoms with Crippen molar-refractivity contribution in [1.82, 2.24) is 9.78 Å². The number of ether oxygens (including phenoxy) is 1. The Bertz CT molecular complexity index is 997. The van der Waals surface area contributed by atoms with E-state index in [1.807, 2.05) is 24.3 Å². The summed E-state index contributed by atoms with van der Waals surface area (Å²) in [6.07, 6.45) is -3.73. The van der Waals surface area contributed by atoms with Gasteiger partial charge in [0.05, 0.1) is 29.1 Å². The van der Waals surface area contributed by atoms with Crippen LogP contribution in [0, 0.1) is 0 Å². The molecule has 1 N–H and O–H groups in total. The third kappa shape index (κ3) is 3.12. The van der Waals surface area contributed by atoms with Gasteiger partial charge in [0.2, 0.25) is 0 Å². The molecule has 0 unspecified atom stereocenters. The minimum absolute atomic E-state index is 0.192. The first kappa shape index (κ1) is 17.7. The Morgan fingerprint density at radius 3 is 2.56 bits per heavy atom. The molecule has 1 aliphatic rings. The third-order valence-corrected chi connectivity index (χ3v) is 4.84. The maximum absolute atomic E-state index is 13.1. The Labute approximate surface area is 158 Å². The minimum Gasteiger partial charge on any atom is -0.497 e. The lowest BCUT2D eigenvalue weighted by Crippen LogP contribution is -2.09. The van der Waals surface area contributed by atoms with Crippen molar-refractivity contribution < 1.29 is 17.9 Å². The molecule has 0 fully saturated rings. The van der Waals surface area contributed by atoms with Gasteiger partial charge in [0, 0.05) is 17.7 Å². The quantitative estimate of drug-likeness (QED) is 0.665. The second-order valence-electron chi connectivity index (χ2n) is 6.16. The molecule has 1 aromatic heterocycles. The first-order valence-electron chi connectivity index (χ1n) is 8.26. The molecule has 1 aliphatic heterocycles. The molecule has 4 rings (SSSR count). The monoisotopic (exact) mass is 393 g/mol. The zero-order valence-corrected chi connectivity index (χ0v) is 15.0. The second kappa shape index (κ2) is 6.49. The summed E-state index contributed by atoms with van der Waals surface area (Å²) in [6.45, 7) is 0.687. The van der Waals surface area contributed by atoms with E-state index in [1.54, 1.807) is 7.11 Å². The van der Waals surface area contributed by atoms with Crippen molar-refractivity contribution in [2.75, 3.05) is 19.0 Å². The zero-order chi connectivity index (χ0) is 19.2. The first-order valence-corrected chi connectivity index (χ1v) is 8.63. The van der Waals surface area contributed by atoms with E-state index in [-0.39, 0.29) is 10.7 Å². The molecule has 0 aliphatic carbocycles. The highest BCUT2D eigenvalue weighted by molar-refractivity contribution is 6.32. The molecule has 2 heterocycles. The Morgan fingerprint density at radius 1 is 1.15 bits per heavy atom. The smallest absolute Gasteiger partial charge is 0.416 e. The van der Waals surface area contributed by atoms with E-state index in [4.69, 9.17) is 16.3 Å². The van der Waals surface area contributed by atoms with Crippen LogP contribution < -0.4 is 10.1 Å². The SMILES string of the molecule is COc1ccc(-c2nn(-c3cc(C(F)(F)F)ccc3Cl)c3c2CCN3)cc1. The van der Waals surface area contributed by atoms with Crippen LogP contribution in [-0.4, -0.2) is 23.4 Å². The van der Waals surface area contributed by atoms with Gasteiger partial charge in [-0.2, -0.15) is 18.3 Å². The molecule has 0 amide bonds. The van der Waals surface area contributed by atoms with E-state index < -0.39 is 11.7 Å². The summed E-state index contributed by atoms with van der Waals surface area (Å²) in [4.78, 5) is 0. The third-order valence-electron chi connectivity index (χ3n) is 4.52. The molecule has 0 atom stereocenters. The predicted molar refractivity (Wildman–Crippen MR) is 97.8 cm³/mol. The van der Waals surface area contributed by atoms with E-state index in [0.717, 1.165) is 29.7 Å². The largest absolute Gasteiger partial charge is 0.497 e. The number of anilines is 1. The Balaban J connectivity index is 1.86. The van der Waals surface area contributed by atoms with E-state index in [9.17, 15) is 13.2 Å². The van der Waals surface area contributed by atoms with Gasteiger partial charge in [-0.25, -0.2) is 4.68 Å². The number of nitrogens with zero attached hydrogens (tertiary/aromatic N) is 2. The number of aromatic nitrogens is 2. The predicted octanol–water partition coefficient (Wildman–Crippen LogP) is 5.19. The number of rotatable bonds is 3. The van der Waals surface area contributed by atoms with Crippen LogP contribution in [0.3, 0.4) is 0 Å². The topological polar surface area (TPSA) is 39.1 Å². The standard InChI is InChI=1S/C19H15ClF3N3O/c1-27-13-5-2-11(3-6-13)17-14-8-9-24-18(14)26(25-17)16-10-12(19(21,22)23)4-7-15(16)20/h2-7,10,24H,8-9H2,1H3. The molecule has 0 bridgehead atoms. The highest BCUT2D eigenvalue weighted by atomic mass is 35.5. The fraction of sp³-hybridized carbons (Fsp3) is 0.211. The van der Waals surface area contributed by atoms with E-state index in [2.05, 4.69) is 10.4 Å². The van der Waals surface area contributed by atoms with Gasteiger partial charge >= 0.3 is 6.18 Å². The molecule has 8 heteroatoms. The molecule has 140 valence electrons. The number of alkyl halides is 3. The molecule has 2 aromatic carbocycles. The average molecular weight is 394 g/mol. The molecule has 27 heavy (non-hydrogen) atoms. The molecular formula is C19H15ClF3N3O. The summed E-state index contributed by atoms with van der Waals surface area (Å²) in [5.74, 6) is 1.39. The van der Waals surface area contributed by atoms with Gasteiger partial charge in [0.25, 0.3) is 0 Å². The molecule has 4 nitrogen and oxygen atoms in total. The van der Waals surface area contributed by atoms with Gasteiger partial charge in [-0.05, 0) is 48.9 Å². The molecule has 3 aromatic rings. The van der Waals surface area contributed by atoms with Gasteiger partial charge in [-0.3, -0.25) is 0 Å². The summed E-state index contributed by atoms with van der Waals surface area (Å²) < 4.78 is 46.0. The maximum atomic E-state index is 13.1. The van der Waals surface area contributed by atoms with Crippen LogP contribution in [0.1, 0.15) is 11.1 Å². The minimum atomic E-state index is -4.46. The number of hydrogen-bond acceptors (Lipinski definition) is 3. The number of halogens is 4. The summed E-state index contributed by atoms with van der Waals surface area (Å²) in [5, 5.41) is 7.97. The Kier molecular flexibility index (Phi) is 4.26. The first-order chi connectivity index (χ1) is 12.9. The highest BCUT2D eigenvalue weighted by Gasteiger charge is 2.32. The van der Waals surface area contributed by atoms with Gasteiger partial charge in [-0.15, -0.1) is 0 Å². The van der Waals surface area contributed by atoms with Crippen molar-refractivity contribution in [3.63, 3.8) is 0 Å². The van der Waals surface area contributed by atoms with Gasteiger partial charge < -0.3 is 10.1 Å². The van der Waals surface area contributed by atoms with Crippen LogP contribution >= 0.6 is 11.6 Å². The lowest BCUT2D eigenvalue weighted by Gasteiger charge is -2.12. The Hall–Kier alpha value is -2.67. The van der Waals surface area contributed by atoms with Crippen LogP contribution in [-0.2, 0) is 12.6 Å². The van der Waals surface area contributed by atoms with Crippen molar-refractivity contribution in [3.8, 4) is 22.7 Å². The average Bonchev–Trinajstić information content (AvgIpc) is 3.24. The number of nitrogens with one attached hydrogen (secondary N) is 1. The van der Waals surface area contributed by atoms with Crippen molar-refractivity contribution in [1.29, 1.82) is 0 Å². The second-order valence-corrected chi connectivity index (χ2v) is 6.56. The molecule has 0 saturated carbocycles. The highest BCUT2D eigenvalue weighted by Crippen LogP contribution is 2.38. The Morgan fingerprint density at radius 2 is 1.89 bits per heavy atom.